The zero-order valence-corrected chi connectivity index (χ0v) is 17.5. The van der Waals surface area contributed by atoms with E-state index < -0.39 is 0 Å². The quantitative estimate of drug-likeness (QED) is 0.554. The van der Waals surface area contributed by atoms with Crippen LogP contribution in [0.4, 0.5) is 0 Å². The van der Waals surface area contributed by atoms with Crippen molar-refractivity contribution in [3.05, 3.63) is 57.0 Å². The largest absolute Gasteiger partial charge is 0.494 e. The van der Waals surface area contributed by atoms with Crippen molar-refractivity contribution in [3.8, 4) is 5.75 Å². The van der Waals surface area contributed by atoms with Crippen LogP contribution in [0.3, 0.4) is 0 Å². The summed E-state index contributed by atoms with van der Waals surface area (Å²) in [5.74, 6) is 1.15. The highest BCUT2D eigenvalue weighted by atomic mass is 16.5. The molecule has 1 aromatic carbocycles. The molecule has 0 amide bonds. The number of rotatable bonds is 9. The van der Waals surface area contributed by atoms with Crippen molar-refractivity contribution >= 4 is 11.2 Å². The van der Waals surface area contributed by atoms with Crippen molar-refractivity contribution in [1.29, 1.82) is 0 Å². The van der Waals surface area contributed by atoms with E-state index in [2.05, 4.69) is 10.3 Å². The van der Waals surface area contributed by atoms with Crippen LogP contribution in [0.5, 0.6) is 5.75 Å². The molecule has 0 saturated heterocycles. The van der Waals surface area contributed by atoms with Gasteiger partial charge in [-0.05, 0) is 18.9 Å². The maximum Gasteiger partial charge on any atom is 0.332 e. The molecule has 0 aliphatic rings. The molecule has 0 aliphatic carbocycles. The summed E-state index contributed by atoms with van der Waals surface area (Å²) in [6, 6.07) is 7.94. The van der Waals surface area contributed by atoms with Crippen molar-refractivity contribution < 1.29 is 4.74 Å². The summed E-state index contributed by atoms with van der Waals surface area (Å²) in [6.45, 7) is 9.06. The fourth-order valence-corrected chi connectivity index (χ4v) is 3.37. The number of nitrogens with zero attached hydrogens (tertiary/aromatic N) is 4. The van der Waals surface area contributed by atoms with Gasteiger partial charge in [-0.15, -0.1) is 0 Å². The van der Waals surface area contributed by atoms with Gasteiger partial charge in [0.1, 0.15) is 5.75 Å². The summed E-state index contributed by atoms with van der Waals surface area (Å²) in [7, 11) is 1.52. The van der Waals surface area contributed by atoms with Crippen LogP contribution >= 0.6 is 0 Å². The number of para-hydroxylation sites is 1. The van der Waals surface area contributed by atoms with Crippen LogP contribution in [0.15, 0.2) is 40.2 Å². The second-order valence-electron chi connectivity index (χ2n) is 7.48. The number of hydrogen-bond donors (Lipinski definition) is 1. The van der Waals surface area contributed by atoms with Crippen LogP contribution in [-0.4, -0.2) is 31.8 Å². The van der Waals surface area contributed by atoms with Crippen molar-refractivity contribution in [2.24, 2.45) is 13.0 Å². The van der Waals surface area contributed by atoms with Crippen LogP contribution in [-0.2, 0) is 26.7 Å². The summed E-state index contributed by atoms with van der Waals surface area (Å²) in [4.78, 5) is 29.6. The van der Waals surface area contributed by atoms with E-state index in [-0.39, 0.29) is 17.2 Å². The summed E-state index contributed by atoms with van der Waals surface area (Å²) in [5, 5.41) is 3.39. The van der Waals surface area contributed by atoms with Crippen LogP contribution in [0.25, 0.3) is 11.2 Å². The summed E-state index contributed by atoms with van der Waals surface area (Å²) >= 11 is 0. The van der Waals surface area contributed by atoms with Crippen molar-refractivity contribution in [2.75, 3.05) is 13.2 Å². The highest BCUT2D eigenvalue weighted by Gasteiger charge is 2.16. The zero-order valence-electron chi connectivity index (χ0n) is 17.5. The van der Waals surface area contributed by atoms with E-state index in [0.29, 0.717) is 43.9 Å². The lowest BCUT2D eigenvalue weighted by Gasteiger charge is -2.13. The van der Waals surface area contributed by atoms with E-state index in [0.717, 1.165) is 15.9 Å². The first-order valence-corrected chi connectivity index (χ1v) is 10.00. The van der Waals surface area contributed by atoms with Crippen LogP contribution in [0.2, 0.25) is 0 Å². The Labute approximate surface area is 169 Å². The summed E-state index contributed by atoms with van der Waals surface area (Å²) in [6.07, 6.45) is 1.64. The molecule has 29 heavy (non-hydrogen) atoms. The molecule has 156 valence electrons. The Morgan fingerprint density at radius 3 is 2.69 bits per heavy atom. The molecule has 3 aromatic rings. The molecule has 0 saturated carbocycles. The number of fused-ring (bicyclic) bond motifs is 1. The Bertz CT molecular complexity index is 1090. The molecule has 0 atom stereocenters. The average molecular weight is 399 g/mol. The highest BCUT2D eigenvalue weighted by Crippen LogP contribution is 2.17. The zero-order chi connectivity index (χ0) is 21.0. The first-order chi connectivity index (χ1) is 13.9. The standard InChI is InChI=1S/C21H29N5O3/c1-5-29-17-9-7-6-8-16(17)12-22-10-11-25-14-23-19-18(25)20(27)24(4)21(28)26(19)13-15(2)3/h6-9,14-15,22H,5,10-13H2,1-4H3. The Kier molecular flexibility index (Phi) is 6.53. The second-order valence-corrected chi connectivity index (χ2v) is 7.48. The van der Waals surface area contributed by atoms with Crippen LogP contribution < -0.4 is 21.3 Å². The van der Waals surface area contributed by atoms with Gasteiger partial charge in [0.2, 0.25) is 0 Å². The molecule has 2 heterocycles. The number of hydrogen-bond acceptors (Lipinski definition) is 5. The van der Waals surface area contributed by atoms with E-state index in [1.165, 1.54) is 7.05 Å². The number of nitrogens with one attached hydrogen (secondary N) is 1. The van der Waals surface area contributed by atoms with Crippen molar-refractivity contribution in [2.45, 2.75) is 40.4 Å². The Balaban J connectivity index is 1.77. The predicted octanol–water partition coefficient (Wildman–Crippen LogP) is 1.74. The molecular formula is C21H29N5O3. The minimum Gasteiger partial charge on any atom is -0.494 e. The van der Waals surface area contributed by atoms with Gasteiger partial charge in [0.25, 0.3) is 5.56 Å². The molecule has 2 aromatic heterocycles. The van der Waals surface area contributed by atoms with Crippen molar-refractivity contribution in [1.82, 2.24) is 24.0 Å². The van der Waals surface area contributed by atoms with Gasteiger partial charge >= 0.3 is 5.69 Å². The minimum atomic E-state index is -0.327. The predicted molar refractivity (Wildman–Crippen MR) is 113 cm³/mol. The van der Waals surface area contributed by atoms with Gasteiger partial charge in [0, 0.05) is 38.8 Å². The van der Waals surface area contributed by atoms with Gasteiger partial charge < -0.3 is 14.6 Å². The molecule has 0 radical (unpaired) electrons. The van der Waals surface area contributed by atoms with Gasteiger partial charge in [0.15, 0.2) is 11.2 Å². The van der Waals surface area contributed by atoms with E-state index in [1.807, 2.05) is 49.6 Å². The first-order valence-electron chi connectivity index (χ1n) is 10.00. The Hall–Kier alpha value is -2.87. The van der Waals surface area contributed by atoms with Gasteiger partial charge in [-0.2, -0.15) is 0 Å². The normalized spacial score (nSPS) is 11.5. The SMILES string of the molecule is CCOc1ccccc1CNCCn1cnc2c1c(=O)n(C)c(=O)n2CC(C)C. The smallest absolute Gasteiger partial charge is 0.332 e. The van der Waals surface area contributed by atoms with E-state index >= 15 is 0 Å². The summed E-state index contributed by atoms with van der Waals surface area (Å²) < 4.78 is 10.2. The first kappa shape index (κ1) is 20.9. The maximum atomic E-state index is 12.7. The number of aromatic nitrogens is 4. The molecule has 0 unspecified atom stereocenters. The van der Waals surface area contributed by atoms with Crippen molar-refractivity contribution in [3.63, 3.8) is 0 Å². The summed E-state index contributed by atoms with van der Waals surface area (Å²) in [5.41, 5.74) is 1.36. The van der Waals surface area contributed by atoms with Gasteiger partial charge in [-0.25, -0.2) is 9.78 Å². The molecule has 8 nitrogen and oxygen atoms in total. The third-order valence-electron chi connectivity index (χ3n) is 4.76. The molecule has 0 aliphatic heterocycles. The lowest BCUT2D eigenvalue weighted by atomic mass is 10.2. The van der Waals surface area contributed by atoms with Gasteiger partial charge in [-0.3, -0.25) is 13.9 Å². The lowest BCUT2D eigenvalue weighted by Crippen LogP contribution is -2.39. The molecular weight excluding hydrogens is 370 g/mol. The van der Waals surface area contributed by atoms with E-state index in [9.17, 15) is 9.59 Å². The Morgan fingerprint density at radius 2 is 1.97 bits per heavy atom. The van der Waals surface area contributed by atoms with Gasteiger partial charge in [-0.1, -0.05) is 32.0 Å². The third kappa shape index (κ3) is 4.42. The monoisotopic (exact) mass is 399 g/mol. The average Bonchev–Trinajstić information content (AvgIpc) is 3.12. The van der Waals surface area contributed by atoms with E-state index in [4.69, 9.17) is 4.74 Å². The van der Waals surface area contributed by atoms with Crippen LogP contribution in [0.1, 0.15) is 26.3 Å². The third-order valence-corrected chi connectivity index (χ3v) is 4.76. The molecule has 0 spiro atoms. The topological polar surface area (TPSA) is 83.1 Å². The molecule has 1 N–H and O–H groups in total. The van der Waals surface area contributed by atoms with Crippen LogP contribution in [0, 0.1) is 5.92 Å². The Morgan fingerprint density at radius 1 is 1.21 bits per heavy atom. The highest BCUT2D eigenvalue weighted by molar-refractivity contribution is 5.70. The lowest BCUT2D eigenvalue weighted by molar-refractivity contribution is 0.335. The number of ether oxygens (including phenoxy) is 1. The molecule has 3 rings (SSSR count). The fraction of sp³-hybridized carbons (Fsp3) is 0.476. The fourth-order valence-electron chi connectivity index (χ4n) is 3.37. The number of imidazole rings is 1. The molecule has 0 fully saturated rings. The van der Waals surface area contributed by atoms with Gasteiger partial charge in [0.05, 0.1) is 12.9 Å². The second kappa shape index (κ2) is 9.09. The maximum absolute atomic E-state index is 12.7. The minimum absolute atomic E-state index is 0.269. The molecule has 0 bridgehead atoms. The molecule has 8 heteroatoms. The van der Waals surface area contributed by atoms with E-state index in [1.54, 1.807) is 10.9 Å². The number of benzene rings is 1.